The minimum absolute atomic E-state index is 0.00639. The number of rotatable bonds is 3. The quantitative estimate of drug-likeness (QED) is 0.759. The summed E-state index contributed by atoms with van der Waals surface area (Å²) in [6.45, 7) is 1.29. The Labute approximate surface area is 87.6 Å². The van der Waals surface area contributed by atoms with Gasteiger partial charge in [0.15, 0.2) is 0 Å². The molecule has 1 aliphatic rings. The van der Waals surface area contributed by atoms with Gasteiger partial charge in [-0.2, -0.15) is 5.26 Å². The average molecular weight is 207 g/mol. The first kappa shape index (κ1) is 10.1. The van der Waals surface area contributed by atoms with E-state index in [4.69, 9.17) is 15.7 Å². The van der Waals surface area contributed by atoms with Crippen LogP contribution in [0, 0.1) is 11.3 Å². The van der Waals surface area contributed by atoms with E-state index in [0.29, 0.717) is 6.54 Å². The Morgan fingerprint density at radius 1 is 1.67 bits per heavy atom. The summed E-state index contributed by atoms with van der Waals surface area (Å²) in [5.41, 5.74) is 7.18. The summed E-state index contributed by atoms with van der Waals surface area (Å²) >= 11 is 0. The molecule has 1 aromatic rings. The molecular formula is C9H13N5O. The highest BCUT2D eigenvalue weighted by molar-refractivity contribution is 5.14. The normalized spacial score (nSPS) is 20.4. The summed E-state index contributed by atoms with van der Waals surface area (Å²) < 4.78 is 7.14. The monoisotopic (exact) mass is 207 g/mol. The van der Waals surface area contributed by atoms with Crippen LogP contribution in [0.25, 0.3) is 0 Å². The van der Waals surface area contributed by atoms with Crippen LogP contribution in [0.15, 0.2) is 0 Å². The molecule has 0 saturated carbocycles. The molecule has 1 fully saturated rings. The van der Waals surface area contributed by atoms with E-state index in [1.165, 1.54) is 0 Å². The lowest BCUT2D eigenvalue weighted by molar-refractivity contribution is 0.104. The van der Waals surface area contributed by atoms with Crippen LogP contribution < -0.4 is 5.73 Å². The van der Waals surface area contributed by atoms with Gasteiger partial charge in [-0.1, -0.05) is 5.21 Å². The van der Waals surface area contributed by atoms with Gasteiger partial charge in [0.1, 0.15) is 18.3 Å². The predicted octanol–water partition coefficient (Wildman–Crippen LogP) is 0.112. The second-order valence-electron chi connectivity index (χ2n) is 3.44. The third-order valence-electron chi connectivity index (χ3n) is 2.50. The lowest BCUT2D eigenvalue weighted by Crippen LogP contribution is -2.11. The molecule has 6 nitrogen and oxygen atoms in total. The van der Waals surface area contributed by atoms with Gasteiger partial charge in [0.2, 0.25) is 0 Å². The molecule has 0 bridgehead atoms. The molecule has 6 heteroatoms. The van der Waals surface area contributed by atoms with E-state index < -0.39 is 0 Å². The van der Waals surface area contributed by atoms with Crippen LogP contribution in [0.2, 0.25) is 0 Å². The zero-order chi connectivity index (χ0) is 10.7. The summed E-state index contributed by atoms with van der Waals surface area (Å²) in [7, 11) is 0. The number of hydrogen-bond acceptors (Lipinski definition) is 5. The van der Waals surface area contributed by atoms with Crippen molar-refractivity contribution in [3.8, 4) is 6.07 Å². The highest BCUT2D eigenvalue weighted by Crippen LogP contribution is 2.29. The fourth-order valence-corrected chi connectivity index (χ4v) is 1.83. The summed E-state index contributed by atoms with van der Waals surface area (Å²) in [5.74, 6) is 0. The topological polar surface area (TPSA) is 89.8 Å². The number of nitriles is 1. The van der Waals surface area contributed by atoms with Crippen molar-refractivity contribution in [2.24, 2.45) is 5.73 Å². The van der Waals surface area contributed by atoms with Crippen LogP contribution in [-0.2, 0) is 17.8 Å². The smallest absolute Gasteiger partial charge is 0.130 e. The van der Waals surface area contributed by atoms with Gasteiger partial charge in [0.05, 0.1) is 11.8 Å². The van der Waals surface area contributed by atoms with Gasteiger partial charge in [-0.3, -0.25) is 0 Å². The lowest BCUT2D eigenvalue weighted by Gasteiger charge is -2.11. The highest BCUT2D eigenvalue weighted by atomic mass is 16.5. The number of ether oxygens (including phenoxy) is 1. The van der Waals surface area contributed by atoms with Crippen LogP contribution in [0.4, 0.5) is 0 Å². The zero-order valence-electron chi connectivity index (χ0n) is 8.39. The average Bonchev–Trinajstić information content (AvgIpc) is 2.85. The molecular weight excluding hydrogens is 194 g/mol. The van der Waals surface area contributed by atoms with E-state index in [1.807, 2.05) is 6.07 Å². The second kappa shape index (κ2) is 4.38. The molecule has 0 radical (unpaired) electrons. The molecule has 15 heavy (non-hydrogen) atoms. The summed E-state index contributed by atoms with van der Waals surface area (Å²) in [6.07, 6.45) is 1.99. The zero-order valence-corrected chi connectivity index (χ0v) is 8.39. The fourth-order valence-electron chi connectivity index (χ4n) is 1.83. The Bertz CT molecular complexity index is 374. The van der Waals surface area contributed by atoms with E-state index >= 15 is 0 Å². The molecule has 1 aliphatic heterocycles. The third kappa shape index (κ3) is 1.84. The van der Waals surface area contributed by atoms with Gasteiger partial charge in [-0.15, -0.1) is 5.10 Å². The van der Waals surface area contributed by atoms with E-state index in [1.54, 1.807) is 4.68 Å². The van der Waals surface area contributed by atoms with Crippen LogP contribution in [0.1, 0.15) is 30.3 Å². The summed E-state index contributed by atoms with van der Waals surface area (Å²) in [6, 6.07) is 2.05. The Morgan fingerprint density at radius 2 is 2.53 bits per heavy atom. The van der Waals surface area contributed by atoms with Gasteiger partial charge >= 0.3 is 0 Å². The van der Waals surface area contributed by atoms with Gasteiger partial charge in [-0.25, -0.2) is 4.68 Å². The Morgan fingerprint density at radius 3 is 3.13 bits per heavy atom. The first-order valence-corrected chi connectivity index (χ1v) is 4.97. The molecule has 0 aliphatic carbocycles. The Hall–Kier alpha value is -1.45. The van der Waals surface area contributed by atoms with Gasteiger partial charge in [0, 0.05) is 13.2 Å². The SMILES string of the molecule is N#CCn1nnc(CN)c1C1CCCO1. The molecule has 0 spiro atoms. The van der Waals surface area contributed by atoms with E-state index in [0.717, 1.165) is 30.8 Å². The van der Waals surface area contributed by atoms with E-state index in [9.17, 15) is 0 Å². The lowest BCUT2D eigenvalue weighted by atomic mass is 10.1. The first-order valence-electron chi connectivity index (χ1n) is 4.97. The maximum absolute atomic E-state index is 8.66. The number of hydrogen-bond donors (Lipinski definition) is 1. The minimum Gasteiger partial charge on any atom is -0.372 e. The van der Waals surface area contributed by atoms with E-state index in [2.05, 4.69) is 10.3 Å². The maximum Gasteiger partial charge on any atom is 0.130 e. The highest BCUT2D eigenvalue weighted by Gasteiger charge is 2.25. The number of aromatic nitrogens is 3. The predicted molar refractivity (Wildman–Crippen MR) is 51.5 cm³/mol. The molecule has 1 aromatic heterocycles. The van der Waals surface area contributed by atoms with Crippen molar-refractivity contribution in [3.05, 3.63) is 11.4 Å². The Kier molecular flexibility index (Phi) is 2.94. The van der Waals surface area contributed by atoms with Crippen molar-refractivity contribution in [1.29, 1.82) is 5.26 Å². The minimum atomic E-state index is 0.00639. The maximum atomic E-state index is 8.66. The molecule has 2 heterocycles. The van der Waals surface area contributed by atoms with Crippen LogP contribution in [0.3, 0.4) is 0 Å². The van der Waals surface area contributed by atoms with Gasteiger partial charge in [0.25, 0.3) is 0 Å². The molecule has 2 N–H and O–H groups in total. The largest absolute Gasteiger partial charge is 0.372 e. The van der Waals surface area contributed by atoms with Crippen LogP contribution >= 0.6 is 0 Å². The molecule has 1 atom stereocenters. The van der Waals surface area contributed by atoms with Crippen molar-refractivity contribution in [1.82, 2.24) is 15.0 Å². The van der Waals surface area contributed by atoms with Gasteiger partial charge in [-0.05, 0) is 12.8 Å². The summed E-state index contributed by atoms with van der Waals surface area (Å²) in [5, 5.41) is 16.5. The van der Waals surface area contributed by atoms with E-state index in [-0.39, 0.29) is 12.6 Å². The first-order chi connectivity index (χ1) is 7.36. The van der Waals surface area contributed by atoms with Crippen molar-refractivity contribution < 1.29 is 4.74 Å². The van der Waals surface area contributed by atoms with Gasteiger partial charge < -0.3 is 10.5 Å². The molecule has 80 valence electrons. The molecule has 1 unspecified atom stereocenters. The fraction of sp³-hybridized carbons (Fsp3) is 0.667. The van der Waals surface area contributed by atoms with Crippen molar-refractivity contribution >= 4 is 0 Å². The van der Waals surface area contributed by atoms with Crippen molar-refractivity contribution in [2.45, 2.75) is 32.0 Å². The third-order valence-corrected chi connectivity index (χ3v) is 2.50. The summed E-state index contributed by atoms with van der Waals surface area (Å²) in [4.78, 5) is 0. The van der Waals surface area contributed by atoms with Crippen molar-refractivity contribution in [3.63, 3.8) is 0 Å². The second-order valence-corrected chi connectivity index (χ2v) is 3.44. The standard InChI is InChI=1S/C9H13N5O/c10-3-4-14-9(7(6-11)12-13-14)8-2-1-5-15-8/h8H,1-2,4-6,11H2. The molecule has 0 aromatic carbocycles. The Balaban J connectivity index is 2.32. The molecule has 2 rings (SSSR count). The van der Waals surface area contributed by atoms with Crippen LogP contribution in [0.5, 0.6) is 0 Å². The van der Waals surface area contributed by atoms with Crippen LogP contribution in [-0.4, -0.2) is 21.6 Å². The number of nitrogens with two attached hydrogens (primary N) is 1. The number of nitrogens with zero attached hydrogens (tertiary/aromatic N) is 4. The van der Waals surface area contributed by atoms with Crippen molar-refractivity contribution in [2.75, 3.05) is 6.61 Å². The molecule has 0 amide bonds. The molecule has 1 saturated heterocycles.